The van der Waals surface area contributed by atoms with Crippen molar-refractivity contribution in [3.05, 3.63) is 63.8 Å². The summed E-state index contributed by atoms with van der Waals surface area (Å²) >= 11 is 1.35. The molecule has 0 saturated carbocycles. The molecule has 1 aliphatic rings. The number of hydrogen-bond acceptors (Lipinski definition) is 6. The molecular formula is C24H25NO5S2. The van der Waals surface area contributed by atoms with Gasteiger partial charge in [0.2, 0.25) is 15.7 Å². The number of rotatable bonds is 7. The number of amides is 1. The zero-order valence-electron chi connectivity index (χ0n) is 18.2. The highest BCUT2D eigenvalue weighted by Crippen LogP contribution is 2.47. The molecule has 8 heteroatoms. The second-order valence-electron chi connectivity index (χ2n) is 7.72. The molecule has 1 N–H and O–H groups in total. The van der Waals surface area contributed by atoms with Crippen molar-refractivity contribution in [1.82, 2.24) is 0 Å². The maximum Gasteiger partial charge on any atom is 0.225 e. The Morgan fingerprint density at radius 1 is 1.16 bits per heavy atom. The summed E-state index contributed by atoms with van der Waals surface area (Å²) in [6, 6.07) is 12.4. The number of carbonyl (C=O) groups is 1. The Balaban J connectivity index is 1.76. The van der Waals surface area contributed by atoms with Crippen molar-refractivity contribution >= 4 is 32.8 Å². The van der Waals surface area contributed by atoms with E-state index in [1.807, 2.05) is 38.1 Å². The van der Waals surface area contributed by atoms with Crippen molar-refractivity contribution in [3.63, 3.8) is 0 Å². The molecule has 0 saturated heterocycles. The van der Waals surface area contributed by atoms with E-state index in [1.165, 1.54) is 11.3 Å². The largest absolute Gasteiger partial charge is 0.493 e. The lowest BCUT2D eigenvalue weighted by Crippen LogP contribution is -2.23. The van der Waals surface area contributed by atoms with Crippen LogP contribution in [0, 0.1) is 6.92 Å². The summed E-state index contributed by atoms with van der Waals surface area (Å²) in [6.07, 6.45) is 1.11. The third-order valence-electron chi connectivity index (χ3n) is 5.40. The van der Waals surface area contributed by atoms with Crippen LogP contribution in [0.25, 0.3) is 0 Å². The van der Waals surface area contributed by atoms with E-state index in [9.17, 15) is 13.2 Å². The van der Waals surface area contributed by atoms with Crippen LogP contribution in [0.2, 0.25) is 0 Å². The van der Waals surface area contributed by atoms with Gasteiger partial charge in [0.15, 0.2) is 11.5 Å². The molecule has 0 spiro atoms. The monoisotopic (exact) mass is 471 g/mol. The SMILES string of the molecule is CCCOc1ccc(C2CC(=O)Nc3c(S(=O)(=O)c4cccc(C)c4)csc32)cc1OC. The summed E-state index contributed by atoms with van der Waals surface area (Å²) in [6.45, 7) is 4.46. The second-order valence-corrected chi connectivity index (χ2v) is 10.6. The highest BCUT2D eigenvalue weighted by molar-refractivity contribution is 7.91. The Labute approximate surface area is 192 Å². The minimum Gasteiger partial charge on any atom is -0.493 e. The van der Waals surface area contributed by atoms with Gasteiger partial charge in [0, 0.05) is 22.6 Å². The summed E-state index contributed by atoms with van der Waals surface area (Å²) in [4.78, 5) is 13.8. The first-order valence-electron chi connectivity index (χ1n) is 10.4. The van der Waals surface area contributed by atoms with Gasteiger partial charge in [-0.3, -0.25) is 4.79 Å². The Morgan fingerprint density at radius 3 is 2.69 bits per heavy atom. The Kier molecular flexibility index (Phi) is 6.26. The molecule has 3 aromatic rings. The third-order valence-corrected chi connectivity index (χ3v) is 8.42. The van der Waals surface area contributed by atoms with E-state index in [2.05, 4.69) is 5.32 Å². The van der Waals surface area contributed by atoms with Crippen LogP contribution < -0.4 is 14.8 Å². The van der Waals surface area contributed by atoms with E-state index < -0.39 is 9.84 Å². The van der Waals surface area contributed by atoms with Crippen LogP contribution in [-0.4, -0.2) is 28.0 Å². The molecule has 0 radical (unpaired) electrons. The molecule has 2 heterocycles. The molecule has 1 aromatic heterocycles. The van der Waals surface area contributed by atoms with E-state index in [1.54, 1.807) is 30.7 Å². The highest BCUT2D eigenvalue weighted by atomic mass is 32.2. The number of benzene rings is 2. The minimum atomic E-state index is -3.77. The van der Waals surface area contributed by atoms with E-state index >= 15 is 0 Å². The van der Waals surface area contributed by atoms with Gasteiger partial charge in [-0.25, -0.2) is 8.42 Å². The predicted molar refractivity (Wildman–Crippen MR) is 125 cm³/mol. The number of methoxy groups -OCH3 is 1. The number of ether oxygens (including phenoxy) is 2. The van der Waals surface area contributed by atoms with Crippen molar-refractivity contribution in [2.24, 2.45) is 0 Å². The van der Waals surface area contributed by atoms with Crippen LogP contribution >= 0.6 is 11.3 Å². The molecule has 6 nitrogen and oxygen atoms in total. The van der Waals surface area contributed by atoms with Crippen LogP contribution in [0.15, 0.2) is 57.6 Å². The van der Waals surface area contributed by atoms with Gasteiger partial charge in [-0.15, -0.1) is 11.3 Å². The van der Waals surface area contributed by atoms with Crippen LogP contribution in [0.3, 0.4) is 0 Å². The quantitative estimate of drug-likeness (QED) is 0.515. The van der Waals surface area contributed by atoms with Crippen LogP contribution in [0.4, 0.5) is 5.69 Å². The van der Waals surface area contributed by atoms with Crippen LogP contribution in [-0.2, 0) is 14.6 Å². The van der Waals surface area contributed by atoms with Crippen molar-refractivity contribution in [1.29, 1.82) is 0 Å². The van der Waals surface area contributed by atoms with Crippen LogP contribution in [0.5, 0.6) is 11.5 Å². The fourth-order valence-corrected chi connectivity index (χ4v) is 6.83. The van der Waals surface area contributed by atoms with E-state index in [-0.39, 0.29) is 28.0 Å². The third kappa shape index (κ3) is 4.12. The first-order valence-corrected chi connectivity index (χ1v) is 12.7. The van der Waals surface area contributed by atoms with E-state index in [0.29, 0.717) is 23.8 Å². The Bertz CT molecular complexity index is 1260. The predicted octanol–water partition coefficient (Wildman–Crippen LogP) is 5.16. The van der Waals surface area contributed by atoms with Gasteiger partial charge in [-0.1, -0.05) is 25.1 Å². The van der Waals surface area contributed by atoms with Gasteiger partial charge in [0.1, 0.15) is 4.90 Å². The van der Waals surface area contributed by atoms with Crippen molar-refractivity contribution in [2.45, 2.75) is 42.4 Å². The fraction of sp³-hybridized carbons (Fsp3) is 0.292. The fourth-order valence-electron chi connectivity index (χ4n) is 3.81. The lowest BCUT2D eigenvalue weighted by atomic mass is 9.90. The summed E-state index contributed by atoms with van der Waals surface area (Å²) in [5.41, 5.74) is 2.11. The Hall–Kier alpha value is -2.84. The lowest BCUT2D eigenvalue weighted by Gasteiger charge is -2.24. The number of fused-ring (bicyclic) bond motifs is 1. The first-order chi connectivity index (χ1) is 15.3. The minimum absolute atomic E-state index is 0.135. The molecule has 168 valence electrons. The molecule has 2 aromatic carbocycles. The molecule has 1 aliphatic heterocycles. The summed E-state index contributed by atoms with van der Waals surface area (Å²) in [7, 11) is -2.19. The normalized spacial score (nSPS) is 15.7. The number of anilines is 1. The first kappa shape index (κ1) is 22.4. The average Bonchev–Trinajstić information content (AvgIpc) is 3.21. The maximum atomic E-state index is 13.3. The smallest absolute Gasteiger partial charge is 0.225 e. The van der Waals surface area contributed by atoms with Gasteiger partial charge < -0.3 is 14.8 Å². The highest BCUT2D eigenvalue weighted by Gasteiger charge is 2.34. The molecule has 32 heavy (non-hydrogen) atoms. The van der Waals surface area contributed by atoms with Gasteiger partial charge in [-0.2, -0.15) is 0 Å². The molecule has 4 rings (SSSR count). The summed E-state index contributed by atoms with van der Waals surface area (Å²) in [5.74, 6) is 0.756. The molecule has 0 aliphatic carbocycles. The molecule has 0 bridgehead atoms. The zero-order valence-corrected chi connectivity index (χ0v) is 19.8. The van der Waals surface area contributed by atoms with Crippen LogP contribution in [0.1, 0.15) is 41.7 Å². The van der Waals surface area contributed by atoms with Crippen molar-refractivity contribution in [2.75, 3.05) is 19.0 Å². The number of thiophene rings is 1. The molecule has 1 unspecified atom stereocenters. The zero-order chi connectivity index (χ0) is 22.9. The van der Waals surface area contributed by atoms with Gasteiger partial charge in [-0.05, 0) is 48.7 Å². The Morgan fingerprint density at radius 2 is 1.97 bits per heavy atom. The van der Waals surface area contributed by atoms with Crippen molar-refractivity contribution < 1.29 is 22.7 Å². The summed E-state index contributed by atoms with van der Waals surface area (Å²) in [5, 5.41) is 4.42. The van der Waals surface area contributed by atoms with E-state index in [0.717, 1.165) is 22.4 Å². The average molecular weight is 472 g/mol. The summed E-state index contributed by atoms with van der Waals surface area (Å²) < 4.78 is 37.9. The lowest BCUT2D eigenvalue weighted by molar-refractivity contribution is -0.116. The maximum absolute atomic E-state index is 13.3. The second kappa shape index (κ2) is 8.96. The number of carbonyl (C=O) groups excluding carboxylic acids is 1. The molecule has 1 atom stereocenters. The molecule has 1 amide bonds. The number of hydrogen-bond donors (Lipinski definition) is 1. The van der Waals surface area contributed by atoms with Crippen molar-refractivity contribution in [3.8, 4) is 11.5 Å². The molecule has 0 fully saturated rings. The van der Waals surface area contributed by atoms with Gasteiger partial charge in [0.25, 0.3) is 0 Å². The number of aryl methyl sites for hydroxylation is 1. The van der Waals surface area contributed by atoms with Gasteiger partial charge in [0.05, 0.1) is 24.3 Å². The molecular weight excluding hydrogens is 446 g/mol. The number of nitrogens with one attached hydrogen (secondary N) is 1. The topological polar surface area (TPSA) is 81.7 Å². The standard InChI is InChI=1S/C24H25NO5S2/c1-4-10-30-19-9-8-16(12-20(19)29-3)18-13-22(26)25-23-21(14-31-24(18)23)32(27,28)17-7-5-6-15(2)11-17/h5-9,11-12,14,18H,4,10,13H2,1-3H3,(H,25,26). The number of sulfone groups is 1. The van der Waals surface area contributed by atoms with E-state index in [4.69, 9.17) is 9.47 Å². The van der Waals surface area contributed by atoms with Gasteiger partial charge >= 0.3 is 0 Å².